The molecular formula is C15H22O2. The fourth-order valence-corrected chi connectivity index (χ4v) is 2.65. The molecule has 0 saturated heterocycles. The Labute approximate surface area is 104 Å². The van der Waals surface area contributed by atoms with Gasteiger partial charge < -0.3 is 0 Å². The van der Waals surface area contributed by atoms with Crippen LogP contribution in [-0.4, -0.2) is 13.2 Å². The highest BCUT2D eigenvalue weighted by Gasteiger charge is 2.17. The van der Waals surface area contributed by atoms with Crippen molar-refractivity contribution in [2.45, 2.75) is 44.9 Å². The minimum absolute atomic E-state index is 0.626. The van der Waals surface area contributed by atoms with E-state index in [1.54, 1.807) is 0 Å². The molecular weight excluding hydrogens is 212 g/mol. The molecule has 2 heteroatoms. The summed E-state index contributed by atoms with van der Waals surface area (Å²) >= 11 is 0. The molecule has 2 nitrogen and oxygen atoms in total. The summed E-state index contributed by atoms with van der Waals surface area (Å²) in [6.45, 7) is 3.27. The first-order valence-corrected chi connectivity index (χ1v) is 6.74. The van der Waals surface area contributed by atoms with Crippen molar-refractivity contribution in [3.63, 3.8) is 0 Å². The normalized spacial score (nSPS) is 19.7. The fraction of sp³-hybridized carbons (Fsp3) is 0.600. The molecule has 0 N–H and O–H groups in total. The molecule has 0 fully saturated rings. The number of fused-ring (bicyclic) bond motifs is 1. The molecule has 94 valence electrons. The van der Waals surface area contributed by atoms with Gasteiger partial charge >= 0.3 is 0 Å². The lowest BCUT2D eigenvalue weighted by molar-refractivity contribution is -0.292. The van der Waals surface area contributed by atoms with Gasteiger partial charge in [0.25, 0.3) is 0 Å². The van der Waals surface area contributed by atoms with Gasteiger partial charge in [-0.1, -0.05) is 30.7 Å². The van der Waals surface area contributed by atoms with Crippen molar-refractivity contribution < 1.29 is 9.78 Å². The summed E-state index contributed by atoms with van der Waals surface area (Å²) in [6.07, 6.45) is 6.23. The van der Waals surface area contributed by atoms with Gasteiger partial charge in [-0.25, -0.2) is 9.78 Å². The Hall–Kier alpha value is -0.860. The molecule has 1 unspecified atom stereocenters. The highest BCUT2D eigenvalue weighted by atomic mass is 17.2. The van der Waals surface area contributed by atoms with E-state index < -0.39 is 0 Å². The quantitative estimate of drug-likeness (QED) is 0.333. The molecule has 0 aromatic heterocycles. The second kappa shape index (κ2) is 6.77. The van der Waals surface area contributed by atoms with Crippen molar-refractivity contribution in [1.29, 1.82) is 0 Å². The minimum atomic E-state index is 0.626. The average Bonchev–Trinajstić information content (AvgIpc) is 2.57. The Morgan fingerprint density at radius 2 is 2.06 bits per heavy atom. The fourth-order valence-electron chi connectivity index (χ4n) is 2.65. The molecule has 1 atom stereocenters. The Bertz CT molecular complexity index is 335. The van der Waals surface area contributed by atoms with Crippen LogP contribution in [-0.2, 0) is 16.2 Å². The van der Waals surface area contributed by atoms with Crippen LogP contribution >= 0.6 is 0 Å². The summed E-state index contributed by atoms with van der Waals surface area (Å²) in [5.74, 6) is 0.647. The largest absolute Gasteiger partial charge is 0.237 e. The SMILES string of the molecule is CCOOCCC1CCCCc2ccccc21. The zero-order chi connectivity index (χ0) is 11.9. The molecule has 1 aromatic rings. The topological polar surface area (TPSA) is 18.5 Å². The predicted octanol–water partition coefficient (Wildman–Crippen LogP) is 3.85. The van der Waals surface area contributed by atoms with Crippen LogP contribution in [0.25, 0.3) is 0 Å². The molecule has 1 aliphatic rings. The van der Waals surface area contributed by atoms with Crippen LogP contribution in [0.2, 0.25) is 0 Å². The minimum Gasteiger partial charge on any atom is -0.237 e. The predicted molar refractivity (Wildman–Crippen MR) is 68.9 cm³/mol. The summed E-state index contributed by atoms with van der Waals surface area (Å²) in [6, 6.07) is 8.86. The zero-order valence-corrected chi connectivity index (χ0v) is 10.7. The Morgan fingerprint density at radius 3 is 2.94 bits per heavy atom. The number of aryl methyl sites for hydroxylation is 1. The molecule has 2 rings (SSSR count). The highest BCUT2D eigenvalue weighted by molar-refractivity contribution is 5.31. The molecule has 0 aliphatic heterocycles. The van der Waals surface area contributed by atoms with E-state index in [1.807, 2.05) is 6.92 Å². The van der Waals surface area contributed by atoms with Gasteiger partial charge in [0, 0.05) is 0 Å². The number of hydrogen-bond acceptors (Lipinski definition) is 2. The van der Waals surface area contributed by atoms with E-state index in [2.05, 4.69) is 24.3 Å². The lowest BCUT2D eigenvalue weighted by Gasteiger charge is -2.17. The van der Waals surface area contributed by atoms with E-state index in [0.717, 1.165) is 6.42 Å². The first-order valence-electron chi connectivity index (χ1n) is 6.74. The lowest BCUT2D eigenvalue weighted by Crippen LogP contribution is -2.05. The van der Waals surface area contributed by atoms with Crippen LogP contribution in [0.5, 0.6) is 0 Å². The summed E-state index contributed by atoms with van der Waals surface area (Å²) < 4.78 is 0. The first-order chi connectivity index (χ1) is 8.42. The Morgan fingerprint density at radius 1 is 1.18 bits per heavy atom. The third-order valence-corrected chi connectivity index (χ3v) is 3.49. The third kappa shape index (κ3) is 3.55. The summed E-state index contributed by atoms with van der Waals surface area (Å²) in [7, 11) is 0. The molecule has 0 spiro atoms. The van der Waals surface area contributed by atoms with E-state index >= 15 is 0 Å². The van der Waals surface area contributed by atoms with Crippen molar-refractivity contribution in [3.05, 3.63) is 35.4 Å². The maximum absolute atomic E-state index is 5.14. The zero-order valence-electron chi connectivity index (χ0n) is 10.7. The van der Waals surface area contributed by atoms with Crippen molar-refractivity contribution >= 4 is 0 Å². The summed E-state index contributed by atoms with van der Waals surface area (Å²) in [5.41, 5.74) is 3.07. The van der Waals surface area contributed by atoms with E-state index in [1.165, 1.54) is 36.8 Å². The van der Waals surface area contributed by atoms with Gasteiger partial charge in [0.15, 0.2) is 0 Å². The summed E-state index contributed by atoms with van der Waals surface area (Å²) in [5, 5.41) is 0. The number of benzene rings is 1. The van der Waals surface area contributed by atoms with E-state index in [9.17, 15) is 0 Å². The van der Waals surface area contributed by atoms with Gasteiger partial charge in [0.05, 0.1) is 13.2 Å². The van der Waals surface area contributed by atoms with Crippen molar-refractivity contribution in [3.8, 4) is 0 Å². The van der Waals surface area contributed by atoms with Crippen LogP contribution in [0, 0.1) is 0 Å². The van der Waals surface area contributed by atoms with Crippen molar-refractivity contribution in [2.24, 2.45) is 0 Å². The smallest absolute Gasteiger partial charge is 0.0828 e. The second-order valence-electron chi connectivity index (χ2n) is 4.66. The van der Waals surface area contributed by atoms with Gasteiger partial charge in [-0.15, -0.1) is 0 Å². The summed E-state index contributed by atoms with van der Waals surface area (Å²) in [4.78, 5) is 10.1. The van der Waals surface area contributed by atoms with Crippen molar-refractivity contribution in [2.75, 3.05) is 13.2 Å². The molecule has 0 saturated carbocycles. The van der Waals surface area contributed by atoms with E-state index in [0.29, 0.717) is 19.1 Å². The van der Waals surface area contributed by atoms with E-state index in [-0.39, 0.29) is 0 Å². The number of rotatable bonds is 5. The lowest BCUT2D eigenvalue weighted by atomic mass is 9.90. The van der Waals surface area contributed by atoms with Gasteiger partial charge in [0.2, 0.25) is 0 Å². The van der Waals surface area contributed by atoms with Crippen LogP contribution in [0.4, 0.5) is 0 Å². The van der Waals surface area contributed by atoms with Crippen LogP contribution in [0.3, 0.4) is 0 Å². The third-order valence-electron chi connectivity index (χ3n) is 3.49. The van der Waals surface area contributed by atoms with E-state index in [4.69, 9.17) is 9.78 Å². The molecule has 0 heterocycles. The monoisotopic (exact) mass is 234 g/mol. The molecule has 1 aromatic carbocycles. The van der Waals surface area contributed by atoms with Gasteiger partial charge in [-0.05, 0) is 49.7 Å². The highest BCUT2D eigenvalue weighted by Crippen LogP contribution is 2.32. The average molecular weight is 234 g/mol. The van der Waals surface area contributed by atoms with Crippen LogP contribution in [0.1, 0.15) is 49.7 Å². The standard InChI is InChI=1S/C15H22O2/c1-2-16-17-12-11-14-9-4-3-7-13-8-5-6-10-15(13)14/h5-6,8,10,14H,2-4,7,9,11-12H2,1H3. The molecule has 0 amide bonds. The van der Waals surface area contributed by atoms with Crippen LogP contribution in [0.15, 0.2) is 24.3 Å². The Kier molecular flexibility index (Phi) is 5.02. The molecule has 0 bridgehead atoms. The van der Waals surface area contributed by atoms with Gasteiger partial charge in [0.1, 0.15) is 0 Å². The number of hydrogen-bond donors (Lipinski definition) is 0. The Balaban J connectivity index is 1.97. The van der Waals surface area contributed by atoms with Crippen molar-refractivity contribution in [1.82, 2.24) is 0 Å². The van der Waals surface area contributed by atoms with Gasteiger partial charge in [-0.3, -0.25) is 0 Å². The molecule has 17 heavy (non-hydrogen) atoms. The second-order valence-corrected chi connectivity index (χ2v) is 4.66. The maximum Gasteiger partial charge on any atom is 0.0828 e. The molecule has 1 aliphatic carbocycles. The maximum atomic E-state index is 5.14. The first kappa shape index (κ1) is 12.6. The molecule has 0 radical (unpaired) electrons. The van der Waals surface area contributed by atoms with Gasteiger partial charge in [-0.2, -0.15) is 0 Å². The van der Waals surface area contributed by atoms with Crippen LogP contribution < -0.4 is 0 Å².